The lowest BCUT2D eigenvalue weighted by Crippen LogP contribution is -2.05. The quantitative estimate of drug-likeness (QED) is 0.743. The Bertz CT molecular complexity index is 554. The van der Waals surface area contributed by atoms with Gasteiger partial charge in [0.2, 0.25) is 0 Å². The van der Waals surface area contributed by atoms with Crippen LogP contribution in [0.2, 0.25) is 0 Å². The second-order valence-electron chi connectivity index (χ2n) is 3.07. The predicted octanol–water partition coefficient (Wildman–Crippen LogP) is 1.65. The van der Waals surface area contributed by atoms with E-state index in [9.17, 15) is 9.18 Å². The van der Waals surface area contributed by atoms with E-state index in [0.717, 1.165) is 0 Å². The third kappa shape index (κ3) is 1.59. The molecule has 1 aromatic carbocycles. The van der Waals surface area contributed by atoms with Crippen LogP contribution in [0.25, 0.3) is 10.9 Å². The van der Waals surface area contributed by atoms with Crippen molar-refractivity contribution in [2.24, 2.45) is 0 Å². The summed E-state index contributed by atoms with van der Waals surface area (Å²) < 4.78 is 12.9. The lowest BCUT2D eigenvalue weighted by atomic mass is 10.1. The molecule has 0 unspecified atom stereocenters. The number of carbonyl (C=O) groups is 1. The van der Waals surface area contributed by atoms with Crippen molar-refractivity contribution in [2.75, 3.05) is 5.73 Å². The SMILES string of the molecule is Nc1cc2ccc(F)cc2nc1C(=O)O. The highest BCUT2D eigenvalue weighted by atomic mass is 19.1. The number of aromatic nitrogens is 1. The highest BCUT2D eigenvalue weighted by molar-refractivity contribution is 5.96. The van der Waals surface area contributed by atoms with E-state index < -0.39 is 11.8 Å². The van der Waals surface area contributed by atoms with Crippen molar-refractivity contribution in [3.05, 3.63) is 35.8 Å². The average molecular weight is 206 g/mol. The number of rotatable bonds is 1. The smallest absolute Gasteiger partial charge is 0.356 e. The summed E-state index contributed by atoms with van der Waals surface area (Å²) in [5.74, 6) is -1.69. The van der Waals surface area contributed by atoms with Crippen LogP contribution in [0, 0.1) is 5.82 Å². The molecule has 0 spiro atoms. The maximum Gasteiger partial charge on any atom is 0.356 e. The van der Waals surface area contributed by atoms with Gasteiger partial charge in [0.15, 0.2) is 5.69 Å². The normalized spacial score (nSPS) is 10.5. The summed E-state index contributed by atoms with van der Waals surface area (Å²) in [6, 6.07) is 5.40. The molecule has 0 aliphatic rings. The van der Waals surface area contributed by atoms with Crippen molar-refractivity contribution in [3.63, 3.8) is 0 Å². The number of carboxylic acid groups (broad SMARTS) is 1. The Morgan fingerprint density at radius 1 is 1.40 bits per heavy atom. The molecular weight excluding hydrogens is 199 g/mol. The van der Waals surface area contributed by atoms with Crippen molar-refractivity contribution >= 4 is 22.6 Å². The van der Waals surface area contributed by atoms with Crippen LogP contribution in [0.4, 0.5) is 10.1 Å². The van der Waals surface area contributed by atoms with Crippen LogP contribution in [0.5, 0.6) is 0 Å². The Hall–Kier alpha value is -2.17. The number of nitrogens with zero attached hydrogens (tertiary/aromatic N) is 1. The second kappa shape index (κ2) is 3.20. The fourth-order valence-electron chi connectivity index (χ4n) is 1.33. The van der Waals surface area contributed by atoms with Crippen molar-refractivity contribution < 1.29 is 14.3 Å². The van der Waals surface area contributed by atoms with Crippen LogP contribution >= 0.6 is 0 Å². The van der Waals surface area contributed by atoms with Crippen molar-refractivity contribution in [3.8, 4) is 0 Å². The topological polar surface area (TPSA) is 76.2 Å². The van der Waals surface area contributed by atoms with Crippen LogP contribution in [-0.2, 0) is 0 Å². The van der Waals surface area contributed by atoms with E-state index in [2.05, 4.69) is 4.98 Å². The molecule has 4 nitrogen and oxygen atoms in total. The molecule has 0 radical (unpaired) electrons. The van der Waals surface area contributed by atoms with Gasteiger partial charge in [0.05, 0.1) is 11.2 Å². The van der Waals surface area contributed by atoms with E-state index in [1.165, 1.54) is 24.3 Å². The van der Waals surface area contributed by atoms with Crippen LogP contribution in [0.1, 0.15) is 10.5 Å². The van der Waals surface area contributed by atoms with E-state index in [4.69, 9.17) is 10.8 Å². The highest BCUT2D eigenvalue weighted by Gasteiger charge is 2.11. The minimum absolute atomic E-state index is 0.0709. The zero-order valence-electron chi connectivity index (χ0n) is 7.57. The molecule has 3 N–H and O–H groups in total. The third-order valence-corrected chi connectivity index (χ3v) is 2.01. The van der Waals surface area contributed by atoms with Gasteiger partial charge in [-0.15, -0.1) is 0 Å². The largest absolute Gasteiger partial charge is 0.476 e. The number of halogens is 1. The number of benzene rings is 1. The first-order valence-electron chi connectivity index (χ1n) is 4.17. The fourth-order valence-corrected chi connectivity index (χ4v) is 1.33. The van der Waals surface area contributed by atoms with E-state index in [1.54, 1.807) is 0 Å². The Morgan fingerprint density at radius 3 is 2.80 bits per heavy atom. The monoisotopic (exact) mass is 206 g/mol. The molecule has 5 heteroatoms. The molecule has 2 aromatic rings. The van der Waals surface area contributed by atoms with Gasteiger partial charge < -0.3 is 10.8 Å². The number of carboxylic acids is 1. The summed E-state index contributed by atoms with van der Waals surface area (Å²) in [6.07, 6.45) is 0. The highest BCUT2D eigenvalue weighted by Crippen LogP contribution is 2.19. The average Bonchev–Trinajstić information content (AvgIpc) is 2.17. The standard InChI is InChI=1S/C10H7FN2O2/c11-6-2-1-5-3-7(12)9(10(14)15)13-8(5)4-6/h1-4H,12H2,(H,14,15). The zero-order valence-corrected chi connectivity index (χ0v) is 7.57. The molecule has 0 aliphatic heterocycles. The molecule has 2 rings (SSSR count). The second-order valence-corrected chi connectivity index (χ2v) is 3.07. The molecule has 1 aromatic heterocycles. The Kier molecular flexibility index (Phi) is 2.00. The summed E-state index contributed by atoms with van der Waals surface area (Å²) in [5, 5.41) is 9.37. The number of hydrogen-bond donors (Lipinski definition) is 2. The lowest BCUT2D eigenvalue weighted by molar-refractivity contribution is 0.0692. The summed E-state index contributed by atoms with van der Waals surface area (Å²) in [7, 11) is 0. The molecule has 0 saturated carbocycles. The first kappa shape index (κ1) is 9.39. The number of hydrogen-bond acceptors (Lipinski definition) is 3. The molecule has 0 amide bonds. The van der Waals surface area contributed by atoms with Gasteiger partial charge in [0, 0.05) is 11.5 Å². The van der Waals surface area contributed by atoms with Crippen molar-refractivity contribution in [2.45, 2.75) is 0 Å². The Morgan fingerprint density at radius 2 is 2.13 bits per heavy atom. The number of pyridine rings is 1. The molecule has 0 saturated heterocycles. The first-order chi connectivity index (χ1) is 7.08. The third-order valence-electron chi connectivity index (χ3n) is 2.01. The fraction of sp³-hybridized carbons (Fsp3) is 0. The van der Waals surface area contributed by atoms with Crippen molar-refractivity contribution in [1.29, 1.82) is 0 Å². The molecule has 1 heterocycles. The molecule has 15 heavy (non-hydrogen) atoms. The molecule has 0 fully saturated rings. The number of nitrogen functional groups attached to an aromatic ring is 1. The molecule has 0 atom stereocenters. The molecule has 0 aliphatic carbocycles. The van der Waals surface area contributed by atoms with Crippen LogP contribution < -0.4 is 5.73 Å². The van der Waals surface area contributed by atoms with E-state index >= 15 is 0 Å². The molecule has 76 valence electrons. The van der Waals surface area contributed by atoms with Gasteiger partial charge in [0.1, 0.15) is 5.82 Å². The van der Waals surface area contributed by atoms with E-state index in [0.29, 0.717) is 5.39 Å². The van der Waals surface area contributed by atoms with Crippen LogP contribution in [0.15, 0.2) is 24.3 Å². The van der Waals surface area contributed by atoms with E-state index in [-0.39, 0.29) is 16.9 Å². The van der Waals surface area contributed by atoms with Gasteiger partial charge in [-0.2, -0.15) is 0 Å². The summed E-state index contributed by atoms with van der Waals surface area (Å²) in [6.45, 7) is 0. The number of nitrogens with two attached hydrogens (primary N) is 1. The molecule has 0 bridgehead atoms. The van der Waals surface area contributed by atoms with E-state index in [1.807, 2.05) is 0 Å². The zero-order chi connectivity index (χ0) is 11.0. The maximum absolute atomic E-state index is 12.9. The Balaban J connectivity index is 2.77. The lowest BCUT2D eigenvalue weighted by Gasteiger charge is -2.02. The summed E-state index contributed by atoms with van der Waals surface area (Å²) in [5.41, 5.74) is 5.58. The first-order valence-corrected chi connectivity index (χ1v) is 4.17. The minimum atomic E-state index is -1.22. The van der Waals surface area contributed by atoms with Gasteiger partial charge in [-0.05, 0) is 18.2 Å². The van der Waals surface area contributed by atoms with Gasteiger partial charge in [0.25, 0.3) is 0 Å². The maximum atomic E-state index is 12.9. The molecular formula is C10H7FN2O2. The Labute approximate surface area is 84.2 Å². The van der Waals surface area contributed by atoms with Gasteiger partial charge >= 0.3 is 5.97 Å². The number of anilines is 1. The van der Waals surface area contributed by atoms with Gasteiger partial charge in [-0.1, -0.05) is 0 Å². The van der Waals surface area contributed by atoms with Crippen LogP contribution in [-0.4, -0.2) is 16.1 Å². The number of aromatic carboxylic acids is 1. The predicted molar refractivity (Wildman–Crippen MR) is 53.1 cm³/mol. The van der Waals surface area contributed by atoms with Crippen LogP contribution in [0.3, 0.4) is 0 Å². The number of fused-ring (bicyclic) bond motifs is 1. The summed E-state index contributed by atoms with van der Waals surface area (Å²) >= 11 is 0. The van der Waals surface area contributed by atoms with Crippen molar-refractivity contribution in [1.82, 2.24) is 4.98 Å². The van der Waals surface area contributed by atoms with Gasteiger partial charge in [-0.3, -0.25) is 0 Å². The van der Waals surface area contributed by atoms with Gasteiger partial charge in [-0.25, -0.2) is 14.2 Å². The minimum Gasteiger partial charge on any atom is -0.476 e. The summed E-state index contributed by atoms with van der Waals surface area (Å²) in [4.78, 5) is 14.5.